The lowest BCUT2D eigenvalue weighted by atomic mass is 10.1. The molecule has 1 amide bonds. The van der Waals surface area contributed by atoms with Crippen LogP contribution in [0.1, 0.15) is 29.6 Å². The zero-order chi connectivity index (χ0) is 19.1. The molecule has 27 heavy (non-hydrogen) atoms. The molecular formula is C18H24ClN7O. The van der Waals surface area contributed by atoms with E-state index < -0.39 is 0 Å². The highest BCUT2D eigenvalue weighted by Crippen LogP contribution is 2.22. The molecule has 1 aromatic carbocycles. The molecule has 1 aliphatic heterocycles. The van der Waals surface area contributed by atoms with Gasteiger partial charge in [-0.05, 0) is 38.1 Å². The summed E-state index contributed by atoms with van der Waals surface area (Å²) in [4.78, 5) is 22.9. The number of carbonyl (C=O) groups is 1. The van der Waals surface area contributed by atoms with Crippen LogP contribution in [-0.2, 0) is 0 Å². The van der Waals surface area contributed by atoms with Gasteiger partial charge in [0.25, 0.3) is 5.91 Å². The number of hydrogen-bond donors (Lipinski definition) is 4. The van der Waals surface area contributed by atoms with Gasteiger partial charge in [0.2, 0.25) is 0 Å². The summed E-state index contributed by atoms with van der Waals surface area (Å²) in [5.74, 6) is 0.487. The van der Waals surface area contributed by atoms with E-state index in [4.69, 9.17) is 17.3 Å². The van der Waals surface area contributed by atoms with Crippen LogP contribution >= 0.6 is 11.6 Å². The van der Waals surface area contributed by atoms with E-state index in [0.717, 1.165) is 26.2 Å². The summed E-state index contributed by atoms with van der Waals surface area (Å²) in [5.41, 5.74) is 12.1. The number of anilines is 3. The number of benzene rings is 1. The van der Waals surface area contributed by atoms with Gasteiger partial charge in [-0.15, -0.1) is 0 Å². The number of hydrogen-bond acceptors (Lipinski definition) is 7. The summed E-state index contributed by atoms with van der Waals surface area (Å²) in [7, 11) is 0. The van der Waals surface area contributed by atoms with Crippen molar-refractivity contribution in [2.75, 3.05) is 42.7 Å². The number of likely N-dealkylation sites (tertiary alicyclic amines) is 1. The molecular weight excluding hydrogens is 366 g/mol. The largest absolute Gasteiger partial charge is 0.393 e. The number of hydrazine groups is 1. The molecule has 0 spiro atoms. The SMILES string of the molecule is Nc1c(NCCN2CCCCC2)ncnc1NNC(=O)c1ccccc1Cl. The maximum absolute atomic E-state index is 12.2. The van der Waals surface area contributed by atoms with E-state index in [1.165, 1.54) is 25.6 Å². The minimum Gasteiger partial charge on any atom is -0.393 e. The number of nitrogen functional groups attached to an aromatic ring is 1. The highest BCUT2D eigenvalue weighted by atomic mass is 35.5. The Kier molecular flexibility index (Phi) is 6.67. The number of carbonyl (C=O) groups excluding carboxylic acids is 1. The topological polar surface area (TPSA) is 108 Å². The Bertz CT molecular complexity index is 780. The van der Waals surface area contributed by atoms with Gasteiger partial charge in [-0.25, -0.2) is 9.97 Å². The zero-order valence-corrected chi connectivity index (χ0v) is 15.8. The second-order valence-corrected chi connectivity index (χ2v) is 6.78. The van der Waals surface area contributed by atoms with Gasteiger partial charge < -0.3 is 16.0 Å². The quantitative estimate of drug-likeness (QED) is 0.538. The van der Waals surface area contributed by atoms with Crippen molar-refractivity contribution in [3.63, 3.8) is 0 Å². The van der Waals surface area contributed by atoms with Crippen molar-refractivity contribution in [1.82, 2.24) is 20.3 Å². The fourth-order valence-corrected chi connectivity index (χ4v) is 3.20. The molecule has 9 heteroatoms. The van der Waals surface area contributed by atoms with Crippen molar-refractivity contribution in [3.05, 3.63) is 41.2 Å². The minimum absolute atomic E-state index is 0.325. The molecule has 1 aliphatic rings. The van der Waals surface area contributed by atoms with Gasteiger partial charge in [-0.3, -0.25) is 15.6 Å². The number of piperidine rings is 1. The van der Waals surface area contributed by atoms with Gasteiger partial charge in [0.15, 0.2) is 11.6 Å². The van der Waals surface area contributed by atoms with Crippen molar-refractivity contribution in [3.8, 4) is 0 Å². The standard InChI is InChI=1S/C18H24ClN7O/c19-14-7-3-2-6-13(14)18(27)25-24-17-15(20)16(22-12-23-17)21-8-11-26-9-4-1-5-10-26/h2-3,6-7,12H,1,4-5,8-11,20H2,(H,25,27)(H2,21,22,23,24). The molecule has 0 atom stereocenters. The summed E-state index contributed by atoms with van der Waals surface area (Å²) in [6.07, 6.45) is 5.23. The molecule has 144 valence electrons. The van der Waals surface area contributed by atoms with E-state index >= 15 is 0 Å². The molecule has 0 radical (unpaired) electrons. The number of amides is 1. The van der Waals surface area contributed by atoms with E-state index in [2.05, 4.69) is 31.0 Å². The number of aromatic nitrogens is 2. The summed E-state index contributed by atoms with van der Waals surface area (Å²) < 4.78 is 0. The second-order valence-electron chi connectivity index (χ2n) is 6.37. The van der Waals surface area contributed by atoms with Crippen LogP contribution in [0.4, 0.5) is 17.3 Å². The highest BCUT2D eigenvalue weighted by molar-refractivity contribution is 6.33. The molecule has 1 aromatic heterocycles. The Morgan fingerprint density at radius 1 is 1.15 bits per heavy atom. The van der Waals surface area contributed by atoms with E-state index in [1.807, 2.05) is 0 Å². The van der Waals surface area contributed by atoms with Crippen molar-refractivity contribution >= 4 is 34.8 Å². The first-order valence-electron chi connectivity index (χ1n) is 9.02. The van der Waals surface area contributed by atoms with Gasteiger partial charge >= 0.3 is 0 Å². The maximum Gasteiger partial charge on any atom is 0.271 e. The summed E-state index contributed by atoms with van der Waals surface area (Å²) in [5, 5.41) is 3.61. The Balaban J connectivity index is 1.54. The summed E-state index contributed by atoms with van der Waals surface area (Å²) in [6.45, 7) is 3.96. The fourth-order valence-electron chi connectivity index (χ4n) is 2.98. The molecule has 0 aliphatic carbocycles. The van der Waals surface area contributed by atoms with Crippen LogP contribution in [0.25, 0.3) is 0 Å². The van der Waals surface area contributed by atoms with E-state index in [9.17, 15) is 4.79 Å². The summed E-state index contributed by atoms with van der Waals surface area (Å²) in [6, 6.07) is 6.79. The number of nitrogens with zero attached hydrogens (tertiary/aromatic N) is 3. The molecule has 2 heterocycles. The van der Waals surface area contributed by atoms with Crippen molar-refractivity contribution in [2.45, 2.75) is 19.3 Å². The number of halogens is 1. The normalized spacial score (nSPS) is 14.6. The minimum atomic E-state index is -0.377. The smallest absolute Gasteiger partial charge is 0.271 e. The molecule has 2 aromatic rings. The van der Waals surface area contributed by atoms with Crippen LogP contribution in [0.5, 0.6) is 0 Å². The third kappa shape index (κ3) is 5.21. The first-order chi connectivity index (χ1) is 13.1. The first kappa shape index (κ1) is 19.2. The zero-order valence-electron chi connectivity index (χ0n) is 15.0. The van der Waals surface area contributed by atoms with Crippen LogP contribution in [0.2, 0.25) is 5.02 Å². The van der Waals surface area contributed by atoms with E-state index in [0.29, 0.717) is 27.9 Å². The van der Waals surface area contributed by atoms with Gasteiger partial charge in [0.05, 0.1) is 10.6 Å². The average molecular weight is 390 g/mol. The molecule has 8 nitrogen and oxygen atoms in total. The van der Waals surface area contributed by atoms with Crippen LogP contribution in [0, 0.1) is 0 Å². The lowest BCUT2D eigenvalue weighted by Crippen LogP contribution is -2.34. The van der Waals surface area contributed by atoms with Crippen molar-refractivity contribution in [1.29, 1.82) is 0 Å². The second kappa shape index (κ2) is 9.38. The molecule has 1 fully saturated rings. The van der Waals surface area contributed by atoms with Crippen molar-refractivity contribution in [2.24, 2.45) is 0 Å². The highest BCUT2D eigenvalue weighted by Gasteiger charge is 2.13. The summed E-state index contributed by atoms with van der Waals surface area (Å²) >= 11 is 6.03. The van der Waals surface area contributed by atoms with Gasteiger partial charge in [-0.1, -0.05) is 30.2 Å². The third-order valence-electron chi connectivity index (χ3n) is 4.47. The van der Waals surface area contributed by atoms with Gasteiger partial charge in [0.1, 0.15) is 12.0 Å². The number of rotatable bonds is 7. The number of nitrogens with one attached hydrogen (secondary N) is 3. The van der Waals surface area contributed by atoms with Crippen LogP contribution < -0.4 is 21.9 Å². The van der Waals surface area contributed by atoms with Crippen LogP contribution in [0.3, 0.4) is 0 Å². The predicted molar refractivity (Wildman–Crippen MR) is 108 cm³/mol. The van der Waals surface area contributed by atoms with Crippen molar-refractivity contribution < 1.29 is 4.79 Å². The molecule has 5 N–H and O–H groups in total. The number of nitrogens with two attached hydrogens (primary N) is 1. The molecule has 1 saturated heterocycles. The van der Waals surface area contributed by atoms with E-state index in [1.54, 1.807) is 24.3 Å². The third-order valence-corrected chi connectivity index (χ3v) is 4.80. The molecule has 0 bridgehead atoms. The van der Waals surface area contributed by atoms with E-state index in [-0.39, 0.29) is 5.91 Å². The van der Waals surface area contributed by atoms with Gasteiger partial charge in [0, 0.05) is 13.1 Å². The van der Waals surface area contributed by atoms with Gasteiger partial charge in [-0.2, -0.15) is 0 Å². The Morgan fingerprint density at radius 2 is 1.89 bits per heavy atom. The Morgan fingerprint density at radius 3 is 2.67 bits per heavy atom. The molecule has 0 saturated carbocycles. The molecule has 0 unspecified atom stereocenters. The Labute approximate surface area is 163 Å². The Hall–Kier alpha value is -2.58. The lowest BCUT2D eigenvalue weighted by molar-refractivity contribution is 0.0962. The average Bonchev–Trinajstić information content (AvgIpc) is 2.69. The first-order valence-corrected chi connectivity index (χ1v) is 9.40. The van der Waals surface area contributed by atoms with Crippen LogP contribution in [0.15, 0.2) is 30.6 Å². The lowest BCUT2D eigenvalue weighted by Gasteiger charge is -2.26. The predicted octanol–water partition coefficient (Wildman–Crippen LogP) is 2.37. The van der Waals surface area contributed by atoms with Crippen LogP contribution in [-0.4, -0.2) is 47.0 Å². The fraction of sp³-hybridized carbons (Fsp3) is 0.389. The molecule has 3 rings (SSSR count). The maximum atomic E-state index is 12.2. The monoisotopic (exact) mass is 389 g/mol.